The van der Waals surface area contributed by atoms with E-state index in [1.54, 1.807) is 42.7 Å². The van der Waals surface area contributed by atoms with Crippen molar-refractivity contribution in [2.75, 3.05) is 68.9 Å². The van der Waals surface area contributed by atoms with Gasteiger partial charge in [-0.15, -0.1) is 0 Å². The Morgan fingerprint density at radius 1 is 0.816 bits per heavy atom. The van der Waals surface area contributed by atoms with Crippen LogP contribution < -0.4 is 20.9 Å². The molecule has 0 unspecified atom stereocenters. The number of carbonyl (C=O) groups is 2. The lowest BCUT2D eigenvalue weighted by molar-refractivity contribution is -0.131. The van der Waals surface area contributed by atoms with Gasteiger partial charge >= 0.3 is 0 Å². The minimum absolute atomic E-state index is 0.0357. The van der Waals surface area contributed by atoms with Crippen molar-refractivity contribution in [2.24, 2.45) is 0 Å². The Labute approximate surface area is 305 Å². The zero-order valence-corrected chi connectivity index (χ0v) is 30.4. The highest BCUT2D eigenvalue weighted by molar-refractivity contribution is 6.35. The molecule has 16 heteroatoms. The number of likely N-dealkylation sites (tertiary alicyclic amines) is 2. The van der Waals surface area contributed by atoms with Gasteiger partial charge in [0.05, 0.1) is 19.4 Å². The maximum Gasteiger partial charge on any atom is 0.241 e. The lowest BCUT2D eigenvalue weighted by Crippen LogP contribution is -2.50. The van der Waals surface area contributed by atoms with E-state index in [-0.39, 0.29) is 30.9 Å². The number of piperidine rings is 2. The van der Waals surface area contributed by atoms with Gasteiger partial charge in [-0.2, -0.15) is 0 Å². The number of halogens is 4. The van der Waals surface area contributed by atoms with Crippen LogP contribution in [0, 0.1) is 0 Å². The van der Waals surface area contributed by atoms with Gasteiger partial charge in [0.1, 0.15) is 11.8 Å². The molecule has 6 rings (SSSR count). The molecule has 0 radical (unpaired) electrons. The number of carbonyl (C=O) groups excluding carboxylic acids is 2. The van der Waals surface area contributed by atoms with Crippen molar-refractivity contribution in [2.45, 2.75) is 37.8 Å². The van der Waals surface area contributed by atoms with Crippen LogP contribution in [-0.4, -0.2) is 107 Å². The summed E-state index contributed by atoms with van der Waals surface area (Å²) >= 11 is 23.9. The van der Waals surface area contributed by atoms with Gasteiger partial charge in [0, 0.05) is 76.8 Å². The van der Waals surface area contributed by atoms with Crippen LogP contribution >= 0.6 is 46.4 Å². The third-order valence-corrected chi connectivity index (χ3v) is 9.50. The molecule has 2 saturated heterocycles. The number of nitrogens with zero attached hydrogens (tertiary/aromatic N) is 6. The number of likely N-dealkylation sites (N-methyl/N-ethyl adjacent to an activating group) is 2. The first kappa shape index (κ1) is 36.7. The summed E-state index contributed by atoms with van der Waals surface area (Å²) in [5, 5.41) is 11.6. The zero-order chi connectivity index (χ0) is 34.9. The van der Waals surface area contributed by atoms with Gasteiger partial charge in [-0.1, -0.05) is 46.4 Å². The van der Waals surface area contributed by atoms with E-state index in [1.807, 2.05) is 23.9 Å². The van der Waals surface area contributed by atoms with Gasteiger partial charge in [0.15, 0.2) is 11.5 Å². The number of anilines is 3. The van der Waals surface area contributed by atoms with Gasteiger partial charge in [0.2, 0.25) is 11.8 Å². The number of imidazole rings is 1. The smallest absolute Gasteiger partial charge is 0.241 e. The lowest BCUT2D eigenvalue weighted by Gasteiger charge is -2.38. The molecule has 0 spiro atoms. The molecule has 4 aromatic rings. The third-order valence-electron chi connectivity index (χ3n) is 8.63. The second-order valence-electron chi connectivity index (χ2n) is 12.0. The summed E-state index contributed by atoms with van der Waals surface area (Å²) in [6.07, 6.45) is 7.21. The van der Waals surface area contributed by atoms with Crippen molar-refractivity contribution >= 4 is 86.6 Å². The molecule has 2 aromatic carbocycles. The molecule has 2 amide bonds. The Morgan fingerprint density at radius 3 is 1.94 bits per heavy atom. The summed E-state index contributed by atoms with van der Waals surface area (Å²) in [4.78, 5) is 46.7. The summed E-state index contributed by atoms with van der Waals surface area (Å²) in [7, 11) is 3.93. The molecule has 2 aromatic heterocycles. The number of H-pyrrole nitrogens is 1. The van der Waals surface area contributed by atoms with E-state index in [4.69, 9.17) is 46.4 Å². The quantitative estimate of drug-likeness (QED) is 0.167. The lowest BCUT2D eigenvalue weighted by atomic mass is 10.0. The van der Waals surface area contributed by atoms with Crippen LogP contribution in [0.25, 0.3) is 11.2 Å². The Balaban J connectivity index is 0.000000205. The van der Waals surface area contributed by atoms with E-state index in [0.717, 1.165) is 68.0 Å². The number of nitrogens with one attached hydrogen (secondary N) is 4. The number of rotatable bonds is 9. The first-order valence-electron chi connectivity index (χ1n) is 16.1. The highest BCUT2D eigenvalue weighted by atomic mass is 35.5. The summed E-state index contributed by atoms with van der Waals surface area (Å²) in [5.74, 6) is 0.924. The van der Waals surface area contributed by atoms with Crippen LogP contribution in [0.1, 0.15) is 25.7 Å². The van der Waals surface area contributed by atoms with E-state index in [0.29, 0.717) is 38.3 Å². The topological polar surface area (TPSA) is 134 Å². The second kappa shape index (κ2) is 17.4. The number of aromatic amines is 1. The van der Waals surface area contributed by atoms with Crippen LogP contribution in [0.3, 0.4) is 0 Å². The minimum Gasteiger partial charge on any atom is -0.376 e. The van der Waals surface area contributed by atoms with Crippen molar-refractivity contribution in [3.8, 4) is 0 Å². The molecule has 12 nitrogen and oxygen atoms in total. The summed E-state index contributed by atoms with van der Waals surface area (Å²) in [5.41, 5.74) is 2.93. The molecular weight excluding hydrogens is 710 g/mol. The second-order valence-corrected chi connectivity index (χ2v) is 13.8. The van der Waals surface area contributed by atoms with Crippen LogP contribution in [-0.2, 0) is 9.59 Å². The van der Waals surface area contributed by atoms with Gasteiger partial charge in [0.25, 0.3) is 0 Å². The molecule has 4 heterocycles. The van der Waals surface area contributed by atoms with Gasteiger partial charge in [-0.05, 0) is 69.1 Å². The number of aromatic nitrogens is 4. The SMILES string of the molecule is CN(c1ncnc2nc[nH]c12)[C@H]1CCCN(C(=O)CNc2cc(Cl)cc(Cl)c2)C1.CN[C@H]1CCCN(C(=O)CNc2cc(Cl)cc(Cl)c2)C1. The first-order chi connectivity index (χ1) is 23.6. The van der Waals surface area contributed by atoms with Crippen molar-refractivity contribution in [3.05, 3.63) is 69.1 Å². The minimum atomic E-state index is 0.0357. The number of fused-ring (bicyclic) bond motifs is 1. The third kappa shape index (κ3) is 10.2. The largest absolute Gasteiger partial charge is 0.376 e. The number of hydrogen-bond donors (Lipinski definition) is 4. The predicted octanol–water partition coefficient (Wildman–Crippen LogP) is 5.81. The molecule has 2 aliphatic heterocycles. The Bertz CT molecular complexity index is 1700. The van der Waals surface area contributed by atoms with E-state index in [2.05, 4.69) is 40.8 Å². The Hall–Kier alpha value is -3.55. The molecule has 49 heavy (non-hydrogen) atoms. The normalized spacial score (nSPS) is 17.7. The molecule has 2 atom stereocenters. The Morgan fingerprint density at radius 2 is 1.37 bits per heavy atom. The van der Waals surface area contributed by atoms with Gasteiger partial charge in [-0.25, -0.2) is 15.0 Å². The van der Waals surface area contributed by atoms with E-state index >= 15 is 0 Å². The van der Waals surface area contributed by atoms with Gasteiger partial charge < -0.3 is 35.6 Å². The highest BCUT2D eigenvalue weighted by Gasteiger charge is 2.28. The standard InChI is InChI=1S/C19H21Cl2N7O.C14H19Cl2N3O/c1-27(19-17-18(24-10-23-17)25-11-26-19)15-3-2-4-28(9-15)16(29)8-22-14-6-12(20)5-13(21)7-14;1-17-12-3-2-4-19(9-12)14(20)8-18-13-6-10(15)5-11(16)7-13/h5-7,10-11,15,22H,2-4,8-9H2,1H3,(H,23,24,25,26);5-7,12,17-18H,2-4,8-9H2,1H3/t15-;12-/m00/s1. The highest BCUT2D eigenvalue weighted by Crippen LogP contribution is 2.26. The monoisotopic (exact) mass is 748 g/mol. The fraction of sp³-hybridized carbons (Fsp3) is 0.424. The number of hydrogen-bond acceptors (Lipinski definition) is 9. The van der Waals surface area contributed by atoms with Crippen molar-refractivity contribution in [1.82, 2.24) is 35.1 Å². The van der Waals surface area contributed by atoms with Gasteiger partial charge in [-0.3, -0.25) is 9.59 Å². The fourth-order valence-corrected chi connectivity index (χ4v) is 7.07. The summed E-state index contributed by atoms with van der Waals surface area (Å²) in [6.45, 7) is 3.41. The first-order valence-corrected chi connectivity index (χ1v) is 17.6. The fourth-order valence-electron chi connectivity index (χ4n) is 6.02. The average molecular weight is 751 g/mol. The maximum absolute atomic E-state index is 12.8. The van der Waals surface area contributed by atoms with Crippen molar-refractivity contribution in [1.29, 1.82) is 0 Å². The van der Waals surface area contributed by atoms with Crippen LogP contribution in [0.4, 0.5) is 17.2 Å². The number of amides is 2. The molecule has 2 fully saturated rings. The molecule has 262 valence electrons. The number of benzene rings is 2. The van der Waals surface area contributed by atoms with Crippen molar-refractivity contribution in [3.63, 3.8) is 0 Å². The van der Waals surface area contributed by atoms with Crippen LogP contribution in [0.15, 0.2) is 49.1 Å². The average Bonchev–Trinajstić information content (AvgIpc) is 3.58. The molecule has 0 aliphatic carbocycles. The molecule has 2 aliphatic rings. The molecular formula is C33H40Cl4N10O2. The van der Waals surface area contributed by atoms with E-state index in [1.165, 1.54) is 6.33 Å². The summed E-state index contributed by atoms with van der Waals surface area (Å²) in [6, 6.07) is 10.9. The predicted molar refractivity (Wildman–Crippen MR) is 198 cm³/mol. The molecule has 0 saturated carbocycles. The van der Waals surface area contributed by atoms with E-state index in [9.17, 15) is 9.59 Å². The molecule has 4 N–H and O–H groups in total. The summed E-state index contributed by atoms with van der Waals surface area (Å²) < 4.78 is 0. The Kier molecular flexibility index (Phi) is 13.0. The van der Waals surface area contributed by atoms with Crippen LogP contribution in [0.2, 0.25) is 20.1 Å². The van der Waals surface area contributed by atoms with Crippen LogP contribution in [0.5, 0.6) is 0 Å². The molecule has 0 bridgehead atoms. The maximum atomic E-state index is 12.8. The zero-order valence-electron chi connectivity index (χ0n) is 27.4. The van der Waals surface area contributed by atoms with Crippen molar-refractivity contribution < 1.29 is 9.59 Å². The van der Waals surface area contributed by atoms with E-state index < -0.39 is 0 Å².